The summed E-state index contributed by atoms with van der Waals surface area (Å²) in [5.74, 6) is 0.627. The van der Waals surface area contributed by atoms with Crippen molar-refractivity contribution in [1.29, 1.82) is 0 Å². The molecule has 106 valence electrons. The Balaban J connectivity index is 2.10. The predicted molar refractivity (Wildman–Crippen MR) is 69.3 cm³/mol. The van der Waals surface area contributed by atoms with E-state index in [9.17, 15) is 12.8 Å². The van der Waals surface area contributed by atoms with E-state index in [0.29, 0.717) is 18.3 Å². The molecule has 1 atom stereocenters. The first-order chi connectivity index (χ1) is 8.85. The fourth-order valence-electron chi connectivity index (χ4n) is 1.75. The largest absolute Gasteiger partial charge is 0.493 e. The molecule has 1 aromatic carbocycles. The molecule has 0 heterocycles. The molecule has 0 aliphatic heterocycles. The van der Waals surface area contributed by atoms with E-state index in [1.807, 2.05) is 0 Å². The first-order valence-electron chi connectivity index (χ1n) is 6.07. The van der Waals surface area contributed by atoms with Crippen LogP contribution >= 0.6 is 0 Å². The number of nitrogens with two attached hydrogens (primary N) is 1. The number of hydrogen-bond acceptors (Lipinski definition) is 3. The standard InChI is InChI=1S/C12H17FN2O3S/c1-8(15-19(14,16)17)11-6-10(4-5-12(11)13)18-7-9-2-3-9/h4-6,8-9,15H,2-3,7H2,1H3,(H2,14,16,17)/t8-/m0/s1. The highest BCUT2D eigenvalue weighted by Crippen LogP contribution is 2.30. The van der Waals surface area contributed by atoms with Crippen LogP contribution in [0.1, 0.15) is 31.4 Å². The van der Waals surface area contributed by atoms with E-state index in [-0.39, 0.29) is 5.56 Å². The Morgan fingerprint density at radius 2 is 2.21 bits per heavy atom. The topological polar surface area (TPSA) is 81.4 Å². The van der Waals surface area contributed by atoms with E-state index in [4.69, 9.17) is 9.88 Å². The highest BCUT2D eigenvalue weighted by atomic mass is 32.2. The van der Waals surface area contributed by atoms with Crippen LogP contribution in [0, 0.1) is 11.7 Å². The first kappa shape index (κ1) is 14.2. The molecular weight excluding hydrogens is 271 g/mol. The second kappa shape index (κ2) is 5.44. The van der Waals surface area contributed by atoms with Crippen molar-refractivity contribution < 1.29 is 17.5 Å². The van der Waals surface area contributed by atoms with Crippen LogP contribution < -0.4 is 14.6 Å². The second-order valence-corrected chi connectivity index (χ2v) is 6.15. The van der Waals surface area contributed by atoms with Crippen molar-refractivity contribution in [2.75, 3.05) is 6.61 Å². The van der Waals surface area contributed by atoms with Crippen LogP contribution in [0.5, 0.6) is 5.75 Å². The minimum atomic E-state index is -3.87. The zero-order valence-corrected chi connectivity index (χ0v) is 11.4. The maximum Gasteiger partial charge on any atom is 0.274 e. The maximum atomic E-state index is 13.7. The van der Waals surface area contributed by atoms with Crippen LogP contribution in [0.25, 0.3) is 0 Å². The number of halogens is 1. The van der Waals surface area contributed by atoms with Gasteiger partial charge in [0.2, 0.25) is 0 Å². The van der Waals surface area contributed by atoms with E-state index >= 15 is 0 Å². The van der Waals surface area contributed by atoms with Crippen LogP contribution in [-0.4, -0.2) is 15.0 Å². The second-order valence-electron chi connectivity index (χ2n) is 4.82. The molecule has 1 aliphatic rings. The van der Waals surface area contributed by atoms with Crippen molar-refractivity contribution in [1.82, 2.24) is 4.72 Å². The van der Waals surface area contributed by atoms with Crippen molar-refractivity contribution >= 4 is 10.2 Å². The average molecular weight is 288 g/mol. The number of ether oxygens (including phenoxy) is 1. The Hall–Kier alpha value is -1.18. The SMILES string of the molecule is C[C@H](NS(N)(=O)=O)c1cc(OCC2CC2)ccc1F. The summed E-state index contributed by atoms with van der Waals surface area (Å²) in [4.78, 5) is 0. The molecule has 7 heteroatoms. The molecule has 2 rings (SSSR count). The van der Waals surface area contributed by atoms with E-state index in [1.54, 1.807) is 0 Å². The van der Waals surface area contributed by atoms with Crippen LogP contribution in [-0.2, 0) is 10.2 Å². The van der Waals surface area contributed by atoms with Crippen molar-refractivity contribution in [2.24, 2.45) is 11.1 Å². The molecule has 5 nitrogen and oxygen atoms in total. The fraction of sp³-hybridized carbons (Fsp3) is 0.500. The van der Waals surface area contributed by atoms with Gasteiger partial charge in [-0.05, 0) is 43.9 Å². The summed E-state index contributed by atoms with van der Waals surface area (Å²) >= 11 is 0. The van der Waals surface area contributed by atoms with Gasteiger partial charge in [0.25, 0.3) is 10.2 Å². The quantitative estimate of drug-likeness (QED) is 0.831. The van der Waals surface area contributed by atoms with Crippen molar-refractivity contribution in [3.63, 3.8) is 0 Å². The van der Waals surface area contributed by atoms with Crippen LogP contribution in [0.3, 0.4) is 0 Å². The van der Waals surface area contributed by atoms with Gasteiger partial charge in [-0.3, -0.25) is 0 Å². The lowest BCUT2D eigenvalue weighted by Crippen LogP contribution is -2.33. The Kier molecular flexibility index (Phi) is 4.07. The highest BCUT2D eigenvalue weighted by Gasteiger charge is 2.22. The summed E-state index contributed by atoms with van der Waals surface area (Å²) in [6.45, 7) is 2.13. The average Bonchev–Trinajstić information content (AvgIpc) is 3.09. The summed E-state index contributed by atoms with van der Waals surface area (Å²) in [7, 11) is -3.87. The normalized spacial score (nSPS) is 17.2. The number of nitrogens with one attached hydrogen (secondary N) is 1. The summed E-state index contributed by atoms with van der Waals surface area (Å²) in [6, 6.07) is 3.55. The molecule has 3 N–H and O–H groups in total. The number of benzene rings is 1. The van der Waals surface area contributed by atoms with Gasteiger partial charge in [-0.2, -0.15) is 13.1 Å². The molecule has 0 spiro atoms. The molecule has 0 saturated heterocycles. The fourth-order valence-corrected chi connectivity index (χ4v) is 2.37. The molecule has 0 bridgehead atoms. The zero-order chi connectivity index (χ0) is 14.0. The van der Waals surface area contributed by atoms with Crippen molar-refractivity contribution in [2.45, 2.75) is 25.8 Å². The van der Waals surface area contributed by atoms with Gasteiger partial charge < -0.3 is 4.74 Å². The maximum absolute atomic E-state index is 13.7. The van der Waals surface area contributed by atoms with Crippen LogP contribution in [0.15, 0.2) is 18.2 Å². The molecule has 19 heavy (non-hydrogen) atoms. The Morgan fingerprint density at radius 3 is 2.79 bits per heavy atom. The van der Waals surface area contributed by atoms with Gasteiger partial charge >= 0.3 is 0 Å². The number of hydrogen-bond donors (Lipinski definition) is 2. The lowest BCUT2D eigenvalue weighted by Gasteiger charge is -2.15. The Labute approximate surface area is 112 Å². The summed E-state index contributed by atoms with van der Waals surface area (Å²) in [5, 5.41) is 4.88. The third-order valence-corrected chi connectivity index (χ3v) is 3.64. The third kappa shape index (κ3) is 4.45. The minimum Gasteiger partial charge on any atom is -0.493 e. The van der Waals surface area contributed by atoms with Gasteiger partial charge in [0.1, 0.15) is 11.6 Å². The minimum absolute atomic E-state index is 0.210. The summed E-state index contributed by atoms with van der Waals surface area (Å²) < 4.78 is 43.2. The van der Waals surface area contributed by atoms with E-state index in [0.717, 1.165) is 12.8 Å². The van der Waals surface area contributed by atoms with Crippen molar-refractivity contribution in [3.05, 3.63) is 29.6 Å². The monoisotopic (exact) mass is 288 g/mol. The van der Waals surface area contributed by atoms with Gasteiger partial charge in [0.15, 0.2) is 0 Å². The molecule has 0 amide bonds. The van der Waals surface area contributed by atoms with Crippen LogP contribution in [0.2, 0.25) is 0 Å². The summed E-state index contributed by atoms with van der Waals surface area (Å²) in [6.07, 6.45) is 2.33. The smallest absolute Gasteiger partial charge is 0.274 e. The van der Waals surface area contributed by atoms with E-state index < -0.39 is 22.1 Å². The van der Waals surface area contributed by atoms with Gasteiger partial charge in [-0.25, -0.2) is 9.53 Å². The molecule has 1 fully saturated rings. The van der Waals surface area contributed by atoms with E-state index in [1.165, 1.54) is 25.1 Å². The number of rotatable bonds is 6. The lowest BCUT2D eigenvalue weighted by molar-refractivity contribution is 0.298. The molecule has 0 radical (unpaired) electrons. The first-order valence-corrected chi connectivity index (χ1v) is 7.62. The molecular formula is C12H17FN2O3S. The van der Waals surface area contributed by atoms with Crippen molar-refractivity contribution in [3.8, 4) is 5.75 Å². The van der Waals surface area contributed by atoms with Gasteiger partial charge in [-0.1, -0.05) is 0 Å². The summed E-state index contributed by atoms with van der Waals surface area (Å²) in [5.41, 5.74) is 0.210. The van der Waals surface area contributed by atoms with Crippen LogP contribution in [0.4, 0.5) is 4.39 Å². The third-order valence-electron chi connectivity index (χ3n) is 2.96. The van der Waals surface area contributed by atoms with Gasteiger partial charge in [0, 0.05) is 11.6 Å². The highest BCUT2D eigenvalue weighted by molar-refractivity contribution is 7.87. The Morgan fingerprint density at radius 1 is 1.53 bits per heavy atom. The molecule has 1 aromatic rings. The van der Waals surface area contributed by atoms with Gasteiger partial charge in [0.05, 0.1) is 6.61 Å². The van der Waals surface area contributed by atoms with E-state index in [2.05, 4.69) is 4.72 Å². The molecule has 0 unspecified atom stereocenters. The lowest BCUT2D eigenvalue weighted by atomic mass is 10.1. The molecule has 0 aromatic heterocycles. The predicted octanol–water partition coefficient (Wildman–Crippen LogP) is 1.47. The molecule has 1 saturated carbocycles. The zero-order valence-electron chi connectivity index (χ0n) is 10.6. The molecule has 1 aliphatic carbocycles. The Bertz CT molecular complexity index is 558. The van der Waals surface area contributed by atoms with Gasteiger partial charge in [-0.15, -0.1) is 0 Å².